The molecule has 0 aromatic carbocycles. The van der Waals surface area contributed by atoms with E-state index in [2.05, 4.69) is 15.2 Å². The van der Waals surface area contributed by atoms with Crippen molar-refractivity contribution in [1.82, 2.24) is 19.5 Å². The molecular formula is C14H19N5O3S. The van der Waals surface area contributed by atoms with Crippen LogP contribution < -0.4 is 4.90 Å². The molecule has 1 saturated heterocycles. The third-order valence-electron chi connectivity index (χ3n) is 3.76. The molecule has 0 saturated carbocycles. The number of ether oxygens (including phenoxy) is 1. The predicted molar refractivity (Wildman–Crippen MR) is 84.6 cm³/mol. The predicted octanol–water partition coefficient (Wildman–Crippen LogP) is 0.633. The molecule has 9 heteroatoms. The molecule has 3 rings (SSSR count). The van der Waals surface area contributed by atoms with E-state index < -0.39 is 10.0 Å². The van der Waals surface area contributed by atoms with Gasteiger partial charge in [-0.05, 0) is 12.1 Å². The van der Waals surface area contributed by atoms with Gasteiger partial charge in [-0.3, -0.25) is 10.1 Å². The number of aromatic nitrogens is 3. The van der Waals surface area contributed by atoms with Gasteiger partial charge in [0.2, 0.25) is 10.0 Å². The lowest BCUT2D eigenvalue weighted by molar-refractivity contribution is -0.00492. The maximum absolute atomic E-state index is 12.6. The highest BCUT2D eigenvalue weighted by atomic mass is 32.2. The standard InChI is InChI=1S/C14H19N5O3S/c1-18(2)11-3-4-13(15-7-11)14-10-19(5-6-22-14)23(20,21)12-8-16-17-9-12/h3-4,7-9,14H,5-6,10H2,1-2H3,(H,16,17). The number of H-pyrrole nitrogens is 1. The molecule has 8 nitrogen and oxygen atoms in total. The van der Waals surface area contributed by atoms with E-state index in [1.54, 1.807) is 6.20 Å². The van der Waals surface area contributed by atoms with Crippen LogP contribution in [0, 0.1) is 0 Å². The van der Waals surface area contributed by atoms with E-state index >= 15 is 0 Å². The first kappa shape index (κ1) is 15.9. The van der Waals surface area contributed by atoms with Gasteiger partial charge in [-0.2, -0.15) is 9.40 Å². The van der Waals surface area contributed by atoms with Crippen molar-refractivity contribution in [2.75, 3.05) is 38.7 Å². The minimum absolute atomic E-state index is 0.161. The number of aromatic amines is 1. The second-order valence-corrected chi connectivity index (χ2v) is 7.43. The Kier molecular flexibility index (Phi) is 4.33. The number of hydrogen-bond donors (Lipinski definition) is 1. The number of pyridine rings is 1. The molecule has 0 spiro atoms. The van der Waals surface area contributed by atoms with Crippen molar-refractivity contribution in [3.63, 3.8) is 0 Å². The number of sulfonamides is 1. The normalized spacial score (nSPS) is 19.7. The van der Waals surface area contributed by atoms with Crippen molar-refractivity contribution in [3.8, 4) is 0 Å². The summed E-state index contributed by atoms with van der Waals surface area (Å²) in [4.78, 5) is 6.51. The highest BCUT2D eigenvalue weighted by Crippen LogP contribution is 2.25. The molecule has 1 aliphatic heterocycles. The molecule has 1 atom stereocenters. The van der Waals surface area contributed by atoms with Gasteiger partial charge >= 0.3 is 0 Å². The molecule has 1 aliphatic rings. The molecule has 0 radical (unpaired) electrons. The summed E-state index contributed by atoms with van der Waals surface area (Å²) >= 11 is 0. The molecule has 0 bridgehead atoms. The maximum Gasteiger partial charge on any atom is 0.246 e. The minimum Gasteiger partial charge on any atom is -0.376 e. The fraction of sp³-hybridized carbons (Fsp3) is 0.429. The molecule has 23 heavy (non-hydrogen) atoms. The Bertz CT molecular complexity index is 743. The summed E-state index contributed by atoms with van der Waals surface area (Å²) in [7, 11) is 0.317. The smallest absolute Gasteiger partial charge is 0.246 e. The van der Waals surface area contributed by atoms with Gasteiger partial charge < -0.3 is 9.64 Å². The number of morpholine rings is 1. The van der Waals surface area contributed by atoms with Crippen molar-refractivity contribution in [2.45, 2.75) is 11.0 Å². The molecule has 2 aromatic rings. The summed E-state index contributed by atoms with van der Waals surface area (Å²) in [5.41, 5.74) is 1.70. The maximum atomic E-state index is 12.6. The van der Waals surface area contributed by atoms with E-state index in [0.29, 0.717) is 13.2 Å². The van der Waals surface area contributed by atoms with Gasteiger partial charge in [0.25, 0.3) is 0 Å². The van der Waals surface area contributed by atoms with Crippen LogP contribution in [-0.2, 0) is 14.8 Å². The highest BCUT2D eigenvalue weighted by molar-refractivity contribution is 7.89. The highest BCUT2D eigenvalue weighted by Gasteiger charge is 2.32. The van der Waals surface area contributed by atoms with Crippen LogP contribution in [0.15, 0.2) is 35.6 Å². The van der Waals surface area contributed by atoms with E-state index in [9.17, 15) is 8.42 Å². The van der Waals surface area contributed by atoms with Crippen molar-refractivity contribution in [2.24, 2.45) is 0 Å². The van der Waals surface area contributed by atoms with Gasteiger partial charge in [-0.15, -0.1) is 0 Å². The quantitative estimate of drug-likeness (QED) is 0.880. The first-order valence-corrected chi connectivity index (χ1v) is 8.66. The molecule has 1 fully saturated rings. The lowest BCUT2D eigenvalue weighted by Crippen LogP contribution is -2.42. The number of rotatable bonds is 4. The summed E-state index contributed by atoms with van der Waals surface area (Å²) in [6, 6.07) is 3.81. The molecule has 1 unspecified atom stereocenters. The van der Waals surface area contributed by atoms with Gasteiger partial charge in [0.15, 0.2) is 0 Å². The first-order chi connectivity index (χ1) is 11.0. The zero-order valence-electron chi connectivity index (χ0n) is 13.0. The van der Waals surface area contributed by atoms with Gasteiger partial charge in [-0.25, -0.2) is 8.42 Å². The largest absolute Gasteiger partial charge is 0.376 e. The third kappa shape index (κ3) is 3.21. The molecule has 0 aliphatic carbocycles. The molecule has 124 valence electrons. The summed E-state index contributed by atoms with van der Waals surface area (Å²) in [6.45, 7) is 0.889. The number of hydrogen-bond acceptors (Lipinski definition) is 6. The van der Waals surface area contributed by atoms with Gasteiger partial charge in [0.05, 0.1) is 30.4 Å². The SMILES string of the molecule is CN(C)c1ccc(C2CN(S(=O)(=O)c3cn[nH]c3)CCO2)nc1. The Labute approximate surface area is 135 Å². The zero-order valence-corrected chi connectivity index (χ0v) is 13.8. The van der Waals surface area contributed by atoms with E-state index in [1.807, 2.05) is 31.1 Å². The second kappa shape index (κ2) is 6.26. The first-order valence-electron chi connectivity index (χ1n) is 7.22. The molecule has 0 amide bonds. The van der Waals surface area contributed by atoms with Gasteiger partial charge in [-0.1, -0.05) is 0 Å². The Morgan fingerprint density at radius 1 is 1.35 bits per heavy atom. The summed E-state index contributed by atoms with van der Waals surface area (Å²) < 4.78 is 32.2. The topological polar surface area (TPSA) is 91.4 Å². The van der Waals surface area contributed by atoms with Crippen LogP contribution in [0.4, 0.5) is 5.69 Å². The third-order valence-corrected chi connectivity index (χ3v) is 5.59. The summed E-state index contributed by atoms with van der Waals surface area (Å²) in [5, 5.41) is 6.24. The van der Waals surface area contributed by atoms with E-state index in [-0.39, 0.29) is 17.5 Å². The number of nitrogens with zero attached hydrogens (tertiary/aromatic N) is 4. The van der Waals surface area contributed by atoms with Crippen LogP contribution in [0.5, 0.6) is 0 Å². The number of nitrogens with one attached hydrogen (secondary N) is 1. The van der Waals surface area contributed by atoms with Crippen LogP contribution in [0.3, 0.4) is 0 Å². The van der Waals surface area contributed by atoms with Crippen LogP contribution in [0.2, 0.25) is 0 Å². The zero-order chi connectivity index (χ0) is 16.4. The molecule has 3 heterocycles. The Balaban J connectivity index is 1.78. The lowest BCUT2D eigenvalue weighted by Gasteiger charge is -2.31. The van der Waals surface area contributed by atoms with Crippen LogP contribution in [0.1, 0.15) is 11.8 Å². The fourth-order valence-electron chi connectivity index (χ4n) is 2.40. The van der Waals surface area contributed by atoms with Crippen molar-refractivity contribution in [1.29, 1.82) is 0 Å². The van der Waals surface area contributed by atoms with E-state index in [0.717, 1.165) is 11.4 Å². The Morgan fingerprint density at radius 2 is 2.17 bits per heavy atom. The van der Waals surface area contributed by atoms with Gasteiger partial charge in [0, 0.05) is 33.4 Å². The summed E-state index contributed by atoms with van der Waals surface area (Å²) in [5.74, 6) is 0. The molecular weight excluding hydrogens is 318 g/mol. The van der Waals surface area contributed by atoms with Crippen molar-refractivity contribution >= 4 is 15.7 Å². The van der Waals surface area contributed by atoms with Crippen molar-refractivity contribution < 1.29 is 13.2 Å². The Morgan fingerprint density at radius 3 is 2.78 bits per heavy atom. The second-order valence-electron chi connectivity index (χ2n) is 5.49. The van der Waals surface area contributed by atoms with Gasteiger partial charge in [0.1, 0.15) is 11.0 Å². The lowest BCUT2D eigenvalue weighted by atomic mass is 10.2. The molecule has 1 N–H and O–H groups in total. The summed E-state index contributed by atoms with van der Waals surface area (Å²) in [6.07, 6.45) is 4.07. The minimum atomic E-state index is -3.56. The van der Waals surface area contributed by atoms with Crippen LogP contribution >= 0.6 is 0 Å². The van der Waals surface area contributed by atoms with Crippen LogP contribution in [0.25, 0.3) is 0 Å². The van der Waals surface area contributed by atoms with E-state index in [1.165, 1.54) is 16.7 Å². The van der Waals surface area contributed by atoms with Crippen LogP contribution in [-0.4, -0.2) is 61.7 Å². The monoisotopic (exact) mass is 337 g/mol. The van der Waals surface area contributed by atoms with Crippen molar-refractivity contribution in [3.05, 3.63) is 36.4 Å². The van der Waals surface area contributed by atoms with E-state index in [4.69, 9.17) is 4.74 Å². The number of anilines is 1. The molecule has 2 aromatic heterocycles. The Hall–Kier alpha value is -1.97. The fourth-order valence-corrected chi connectivity index (χ4v) is 3.74. The average Bonchev–Trinajstić information content (AvgIpc) is 3.10. The average molecular weight is 337 g/mol.